The number of hydrogen-bond acceptors (Lipinski definition) is 6. The maximum atomic E-state index is 11.8. The van der Waals surface area contributed by atoms with Gasteiger partial charge in [-0.3, -0.25) is 5.32 Å². The number of esters is 1. The second-order valence-corrected chi connectivity index (χ2v) is 6.50. The second-order valence-electron chi connectivity index (χ2n) is 6.50. The van der Waals surface area contributed by atoms with Crippen LogP contribution in [0.4, 0.5) is 16.2 Å². The zero-order chi connectivity index (χ0) is 19.3. The number of rotatable bonds is 4. The lowest BCUT2D eigenvalue weighted by Crippen LogP contribution is -2.27. The number of anilines is 2. The van der Waals surface area contributed by atoms with E-state index in [0.717, 1.165) is 0 Å². The summed E-state index contributed by atoms with van der Waals surface area (Å²) in [5, 5.41) is 2.63. The van der Waals surface area contributed by atoms with Crippen LogP contribution in [0.3, 0.4) is 0 Å². The topological polar surface area (TPSA) is 99.9 Å². The Kier molecular flexibility index (Phi) is 5.71. The average Bonchev–Trinajstić information content (AvgIpc) is 2.55. The fraction of sp³-hybridized carbons (Fsp3) is 0.263. The minimum atomic E-state index is -0.577. The summed E-state index contributed by atoms with van der Waals surface area (Å²) in [4.78, 5) is 23.6. The molecule has 2 rings (SSSR count). The van der Waals surface area contributed by atoms with Crippen LogP contribution in [0.15, 0.2) is 42.5 Å². The maximum Gasteiger partial charge on any atom is 0.412 e. The molecule has 138 valence electrons. The molecule has 0 spiro atoms. The molecule has 0 radical (unpaired) electrons. The van der Waals surface area contributed by atoms with Crippen molar-refractivity contribution in [3.8, 4) is 11.5 Å². The highest BCUT2D eigenvalue weighted by Crippen LogP contribution is 2.28. The van der Waals surface area contributed by atoms with Gasteiger partial charge < -0.3 is 19.9 Å². The van der Waals surface area contributed by atoms with Crippen molar-refractivity contribution in [1.82, 2.24) is 0 Å². The van der Waals surface area contributed by atoms with Crippen molar-refractivity contribution in [2.24, 2.45) is 0 Å². The Balaban J connectivity index is 2.10. The molecule has 0 aliphatic heterocycles. The number of nitrogens with one attached hydrogen (secondary N) is 1. The zero-order valence-electron chi connectivity index (χ0n) is 15.2. The SMILES string of the molecule is COC(=O)c1cc(N)ccc1Oc1ccc(NC(=O)OC(C)(C)C)cc1. The third-order valence-corrected chi connectivity index (χ3v) is 3.14. The molecule has 0 atom stereocenters. The van der Waals surface area contributed by atoms with Crippen molar-refractivity contribution >= 4 is 23.4 Å². The van der Waals surface area contributed by atoms with E-state index in [1.165, 1.54) is 13.2 Å². The third-order valence-electron chi connectivity index (χ3n) is 3.14. The normalized spacial score (nSPS) is 10.8. The predicted molar refractivity (Wildman–Crippen MR) is 98.6 cm³/mol. The van der Waals surface area contributed by atoms with Gasteiger partial charge in [-0.15, -0.1) is 0 Å². The molecule has 7 nitrogen and oxygen atoms in total. The Bertz CT molecular complexity index is 795. The van der Waals surface area contributed by atoms with Gasteiger partial charge in [0.25, 0.3) is 0 Å². The number of nitrogen functional groups attached to an aromatic ring is 1. The number of carbonyl (C=O) groups is 2. The molecule has 0 fully saturated rings. The minimum Gasteiger partial charge on any atom is -0.465 e. The van der Waals surface area contributed by atoms with E-state index in [9.17, 15) is 9.59 Å². The second kappa shape index (κ2) is 7.77. The van der Waals surface area contributed by atoms with Gasteiger partial charge in [-0.05, 0) is 63.2 Å². The van der Waals surface area contributed by atoms with Gasteiger partial charge >= 0.3 is 12.1 Å². The number of hydrogen-bond donors (Lipinski definition) is 2. The number of nitrogens with two attached hydrogens (primary N) is 1. The highest BCUT2D eigenvalue weighted by atomic mass is 16.6. The quantitative estimate of drug-likeness (QED) is 0.628. The smallest absolute Gasteiger partial charge is 0.412 e. The first-order valence-electron chi connectivity index (χ1n) is 7.94. The molecule has 2 aromatic carbocycles. The van der Waals surface area contributed by atoms with Crippen molar-refractivity contribution in [3.05, 3.63) is 48.0 Å². The van der Waals surface area contributed by atoms with Crippen LogP contribution in [-0.2, 0) is 9.47 Å². The zero-order valence-corrected chi connectivity index (χ0v) is 15.2. The van der Waals surface area contributed by atoms with Crippen molar-refractivity contribution in [1.29, 1.82) is 0 Å². The summed E-state index contributed by atoms with van der Waals surface area (Å²) in [5.41, 5.74) is 6.33. The molecule has 0 saturated carbocycles. The summed E-state index contributed by atoms with van der Waals surface area (Å²) in [6.45, 7) is 5.36. The predicted octanol–water partition coefficient (Wildman–Crippen LogP) is 4.19. The van der Waals surface area contributed by atoms with Crippen LogP contribution in [0.2, 0.25) is 0 Å². The van der Waals surface area contributed by atoms with Gasteiger partial charge in [0.15, 0.2) is 0 Å². The average molecular weight is 358 g/mol. The fourth-order valence-corrected chi connectivity index (χ4v) is 2.06. The summed E-state index contributed by atoms with van der Waals surface area (Å²) in [7, 11) is 1.28. The highest BCUT2D eigenvalue weighted by molar-refractivity contribution is 5.93. The molecule has 7 heteroatoms. The van der Waals surface area contributed by atoms with Crippen LogP contribution in [0, 0.1) is 0 Å². The molecule has 1 amide bonds. The van der Waals surface area contributed by atoms with Gasteiger partial charge in [0.05, 0.1) is 7.11 Å². The molecular weight excluding hydrogens is 336 g/mol. The van der Waals surface area contributed by atoms with Crippen LogP contribution in [-0.4, -0.2) is 24.8 Å². The Morgan fingerprint density at radius 1 is 1.04 bits per heavy atom. The van der Waals surface area contributed by atoms with Gasteiger partial charge in [-0.2, -0.15) is 0 Å². The monoisotopic (exact) mass is 358 g/mol. The first-order valence-corrected chi connectivity index (χ1v) is 7.94. The molecular formula is C19H22N2O5. The van der Waals surface area contributed by atoms with Crippen molar-refractivity contribution in [2.45, 2.75) is 26.4 Å². The van der Waals surface area contributed by atoms with Crippen molar-refractivity contribution in [2.75, 3.05) is 18.2 Å². The van der Waals surface area contributed by atoms with Crippen LogP contribution < -0.4 is 15.8 Å². The van der Waals surface area contributed by atoms with E-state index >= 15 is 0 Å². The van der Waals surface area contributed by atoms with Gasteiger partial charge in [0.2, 0.25) is 0 Å². The van der Waals surface area contributed by atoms with Crippen LogP contribution in [0.25, 0.3) is 0 Å². The molecule has 0 unspecified atom stereocenters. The van der Waals surface area contributed by atoms with Gasteiger partial charge in [-0.1, -0.05) is 0 Å². The van der Waals surface area contributed by atoms with Crippen LogP contribution in [0.1, 0.15) is 31.1 Å². The van der Waals surface area contributed by atoms with Crippen molar-refractivity contribution < 1.29 is 23.8 Å². The largest absolute Gasteiger partial charge is 0.465 e. The van der Waals surface area contributed by atoms with E-state index in [-0.39, 0.29) is 5.56 Å². The van der Waals surface area contributed by atoms with E-state index in [1.807, 2.05) is 0 Å². The summed E-state index contributed by atoms with van der Waals surface area (Å²) in [6, 6.07) is 11.3. The molecule has 0 bridgehead atoms. The van der Waals surface area contributed by atoms with Crippen molar-refractivity contribution in [3.63, 3.8) is 0 Å². The van der Waals surface area contributed by atoms with E-state index in [1.54, 1.807) is 57.2 Å². The number of benzene rings is 2. The molecule has 0 heterocycles. The lowest BCUT2D eigenvalue weighted by atomic mass is 10.2. The summed E-state index contributed by atoms with van der Waals surface area (Å²) in [5.74, 6) is 0.254. The molecule has 0 aliphatic carbocycles. The molecule has 2 aromatic rings. The van der Waals surface area contributed by atoms with Crippen LogP contribution in [0.5, 0.6) is 11.5 Å². The summed E-state index contributed by atoms with van der Waals surface area (Å²) in [6.07, 6.45) is -0.544. The van der Waals surface area contributed by atoms with Crippen LogP contribution >= 0.6 is 0 Å². The molecule has 0 aromatic heterocycles. The Hall–Kier alpha value is -3.22. The highest BCUT2D eigenvalue weighted by Gasteiger charge is 2.17. The molecule has 0 aliphatic rings. The molecule has 26 heavy (non-hydrogen) atoms. The first kappa shape index (κ1) is 19.1. The lowest BCUT2D eigenvalue weighted by molar-refractivity contribution is 0.0595. The number of methoxy groups -OCH3 is 1. The Morgan fingerprint density at radius 2 is 1.69 bits per heavy atom. The molecule has 0 saturated heterocycles. The summed E-state index contributed by atoms with van der Waals surface area (Å²) >= 11 is 0. The van der Waals surface area contributed by atoms with E-state index < -0.39 is 17.7 Å². The number of carbonyl (C=O) groups excluding carboxylic acids is 2. The fourth-order valence-electron chi connectivity index (χ4n) is 2.06. The lowest BCUT2D eigenvalue weighted by Gasteiger charge is -2.19. The summed E-state index contributed by atoms with van der Waals surface area (Å²) < 4.78 is 15.7. The number of ether oxygens (including phenoxy) is 3. The van der Waals surface area contributed by atoms with E-state index in [4.69, 9.17) is 19.9 Å². The van der Waals surface area contributed by atoms with Gasteiger partial charge in [0, 0.05) is 11.4 Å². The third kappa shape index (κ3) is 5.41. The standard InChI is InChI=1S/C19H22N2O5/c1-19(2,3)26-18(23)21-13-6-8-14(9-7-13)25-16-10-5-12(20)11-15(16)17(22)24-4/h5-11H,20H2,1-4H3,(H,21,23). The first-order chi connectivity index (χ1) is 12.2. The van der Waals surface area contributed by atoms with Gasteiger partial charge in [-0.25, -0.2) is 9.59 Å². The van der Waals surface area contributed by atoms with E-state index in [0.29, 0.717) is 22.9 Å². The molecule has 3 N–H and O–H groups in total. The van der Waals surface area contributed by atoms with E-state index in [2.05, 4.69) is 5.32 Å². The van der Waals surface area contributed by atoms with Gasteiger partial charge in [0.1, 0.15) is 22.7 Å². The Morgan fingerprint density at radius 3 is 2.27 bits per heavy atom. The number of amides is 1. The Labute approximate surface area is 152 Å². The minimum absolute atomic E-state index is 0.225. The maximum absolute atomic E-state index is 11.8.